The van der Waals surface area contributed by atoms with Crippen molar-refractivity contribution in [2.75, 3.05) is 19.7 Å². The van der Waals surface area contributed by atoms with Gasteiger partial charge in [0.25, 0.3) is 6.01 Å². The molecule has 1 fully saturated rings. The molecular weight excluding hydrogens is 461 g/mol. The molecule has 176 valence electrons. The standard InChI is InChI=1S/C25H29Cl2N3O3/c1-25(2,3)33-24(31)29-12-6-7-17(14-29)16-32-23-28-21-8-4-5-9-22(21)30(23)15-18-13-19(26)10-11-20(18)27/h4-5,8-11,13,17H,6-7,12,14-16H2,1-3H3. The molecule has 0 bridgehead atoms. The van der Waals surface area contributed by atoms with Crippen LogP contribution in [0.2, 0.25) is 10.0 Å². The van der Waals surface area contributed by atoms with E-state index in [4.69, 9.17) is 37.7 Å². The normalized spacial score (nSPS) is 16.8. The number of benzene rings is 2. The Morgan fingerprint density at radius 1 is 1.18 bits per heavy atom. The third-order valence-electron chi connectivity index (χ3n) is 5.57. The van der Waals surface area contributed by atoms with Gasteiger partial charge in [-0.2, -0.15) is 4.98 Å². The molecule has 0 spiro atoms. The topological polar surface area (TPSA) is 56.6 Å². The van der Waals surface area contributed by atoms with Crippen LogP contribution in [0.4, 0.5) is 4.79 Å². The average Bonchev–Trinajstić information content (AvgIpc) is 3.11. The summed E-state index contributed by atoms with van der Waals surface area (Å²) in [7, 11) is 0. The second-order valence-corrected chi connectivity index (χ2v) is 10.3. The van der Waals surface area contributed by atoms with Crippen LogP contribution < -0.4 is 4.74 Å². The fraction of sp³-hybridized carbons (Fsp3) is 0.440. The van der Waals surface area contributed by atoms with Gasteiger partial charge in [0.05, 0.1) is 24.2 Å². The first-order valence-electron chi connectivity index (χ1n) is 11.2. The van der Waals surface area contributed by atoms with Gasteiger partial charge < -0.3 is 14.4 Å². The molecule has 1 aliphatic rings. The number of aromatic nitrogens is 2. The number of hydrogen-bond acceptors (Lipinski definition) is 4. The van der Waals surface area contributed by atoms with Crippen molar-refractivity contribution >= 4 is 40.3 Å². The zero-order chi connectivity index (χ0) is 23.6. The molecule has 33 heavy (non-hydrogen) atoms. The van der Waals surface area contributed by atoms with Crippen LogP contribution >= 0.6 is 23.2 Å². The van der Waals surface area contributed by atoms with Gasteiger partial charge in [-0.15, -0.1) is 0 Å². The predicted molar refractivity (Wildman–Crippen MR) is 131 cm³/mol. The second-order valence-electron chi connectivity index (χ2n) is 9.45. The minimum absolute atomic E-state index is 0.203. The summed E-state index contributed by atoms with van der Waals surface area (Å²) in [4.78, 5) is 19.0. The quantitative estimate of drug-likeness (QED) is 0.414. The van der Waals surface area contributed by atoms with Gasteiger partial charge in [-0.05, 0) is 69.5 Å². The SMILES string of the molecule is CC(C)(C)OC(=O)N1CCCC(COc2nc3ccccc3n2Cc2cc(Cl)ccc2Cl)C1. The van der Waals surface area contributed by atoms with Gasteiger partial charge in [-0.25, -0.2) is 4.79 Å². The maximum absolute atomic E-state index is 12.5. The lowest BCUT2D eigenvalue weighted by Gasteiger charge is -2.33. The third kappa shape index (κ3) is 5.92. The molecule has 2 heterocycles. The van der Waals surface area contributed by atoms with Crippen LogP contribution in [0.5, 0.6) is 6.01 Å². The Kier molecular flexibility index (Phi) is 7.05. The van der Waals surface area contributed by atoms with Crippen molar-refractivity contribution in [3.05, 3.63) is 58.1 Å². The van der Waals surface area contributed by atoms with Crippen molar-refractivity contribution in [2.24, 2.45) is 5.92 Å². The molecule has 3 aromatic rings. The van der Waals surface area contributed by atoms with E-state index in [0.717, 1.165) is 29.4 Å². The second kappa shape index (κ2) is 9.82. The number of hydrogen-bond donors (Lipinski definition) is 0. The Labute approximate surface area is 204 Å². The molecule has 1 saturated heterocycles. The van der Waals surface area contributed by atoms with E-state index in [1.807, 2.05) is 55.7 Å². The number of carbonyl (C=O) groups is 1. The summed E-state index contributed by atoms with van der Waals surface area (Å²) >= 11 is 12.6. The number of carbonyl (C=O) groups excluding carboxylic acids is 1. The molecule has 4 rings (SSSR count). The highest BCUT2D eigenvalue weighted by molar-refractivity contribution is 6.33. The van der Waals surface area contributed by atoms with Crippen molar-refractivity contribution in [1.29, 1.82) is 0 Å². The van der Waals surface area contributed by atoms with Crippen molar-refractivity contribution in [2.45, 2.75) is 45.8 Å². The Bertz CT molecular complexity index is 1140. The minimum atomic E-state index is -0.507. The summed E-state index contributed by atoms with van der Waals surface area (Å²) in [5.41, 5.74) is 2.20. The largest absolute Gasteiger partial charge is 0.464 e. The van der Waals surface area contributed by atoms with Crippen LogP contribution in [-0.2, 0) is 11.3 Å². The van der Waals surface area contributed by atoms with Gasteiger partial charge in [0.15, 0.2) is 0 Å². The third-order valence-corrected chi connectivity index (χ3v) is 6.18. The van der Waals surface area contributed by atoms with E-state index in [1.165, 1.54) is 0 Å². The van der Waals surface area contributed by atoms with Crippen LogP contribution in [0, 0.1) is 5.92 Å². The lowest BCUT2D eigenvalue weighted by atomic mass is 9.99. The average molecular weight is 490 g/mol. The molecule has 6 nitrogen and oxygen atoms in total. The first-order chi connectivity index (χ1) is 15.7. The molecule has 1 amide bonds. The van der Waals surface area contributed by atoms with Gasteiger partial charge >= 0.3 is 6.09 Å². The summed E-state index contributed by atoms with van der Waals surface area (Å²) < 4.78 is 13.8. The zero-order valence-corrected chi connectivity index (χ0v) is 20.7. The number of nitrogens with zero attached hydrogens (tertiary/aromatic N) is 3. The van der Waals surface area contributed by atoms with Crippen LogP contribution in [0.3, 0.4) is 0 Å². The minimum Gasteiger partial charge on any atom is -0.464 e. The molecule has 2 aromatic carbocycles. The fourth-order valence-corrected chi connectivity index (χ4v) is 4.41. The van der Waals surface area contributed by atoms with Crippen molar-refractivity contribution in [1.82, 2.24) is 14.5 Å². The predicted octanol–water partition coefficient (Wildman–Crippen LogP) is 6.42. The Morgan fingerprint density at radius 3 is 2.76 bits per heavy atom. The highest BCUT2D eigenvalue weighted by atomic mass is 35.5. The molecule has 1 atom stereocenters. The molecule has 8 heteroatoms. The number of likely N-dealkylation sites (tertiary alicyclic amines) is 1. The highest BCUT2D eigenvalue weighted by Crippen LogP contribution is 2.28. The summed E-state index contributed by atoms with van der Waals surface area (Å²) in [5.74, 6) is 0.203. The number of piperidine rings is 1. The van der Waals surface area contributed by atoms with E-state index in [9.17, 15) is 4.79 Å². The number of imidazole rings is 1. The number of ether oxygens (including phenoxy) is 2. The highest BCUT2D eigenvalue weighted by Gasteiger charge is 2.28. The number of rotatable bonds is 5. The summed E-state index contributed by atoms with van der Waals surface area (Å²) in [6.45, 7) is 7.91. The van der Waals surface area contributed by atoms with E-state index in [2.05, 4.69) is 0 Å². The van der Waals surface area contributed by atoms with Crippen molar-refractivity contribution in [3.63, 3.8) is 0 Å². The van der Waals surface area contributed by atoms with Crippen LogP contribution in [0.15, 0.2) is 42.5 Å². The number of amides is 1. The van der Waals surface area contributed by atoms with Gasteiger partial charge in [0, 0.05) is 29.1 Å². The number of para-hydroxylation sites is 2. The molecule has 0 radical (unpaired) electrons. The van der Waals surface area contributed by atoms with Gasteiger partial charge in [-0.1, -0.05) is 35.3 Å². The van der Waals surface area contributed by atoms with Gasteiger partial charge in [0.1, 0.15) is 5.60 Å². The first kappa shape index (κ1) is 23.7. The first-order valence-corrected chi connectivity index (χ1v) is 11.9. The summed E-state index contributed by atoms with van der Waals surface area (Å²) in [5, 5.41) is 1.27. The molecule has 1 aromatic heterocycles. The van der Waals surface area contributed by atoms with Crippen molar-refractivity contribution in [3.8, 4) is 6.01 Å². The van der Waals surface area contributed by atoms with Crippen molar-refractivity contribution < 1.29 is 14.3 Å². The zero-order valence-electron chi connectivity index (χ0n) is 19.2. The Morgan fingerprint density at radius 2 is 1.97 bits per heavy atom. The van der Waals surface area contributed by atoms with Crippen LogP contribution in [-0.4, -0.2) is 45.8 Å². The van der Waals surface area contributed by atoms with E-state index in [-0.39, 0.29) is 12.0 Å². The summed E-state index contributed by atoms with van der Waals surface area (Å²) in [6.07, 6.45) is 1.64. The number of halogens is 2. The molecule has 0 N–H and O–H groups in total. The van der Waals surface area contributed by atoms with E-state index in [0.29, 0.717) is 42.3 Å². The lowest BCUT2D eigenvalue weighted by Crippen LogP contribution is -2.44. The Hall–Kier alpha value is -2.44. The molecule has 1 unspecified atom stereocenters. The lowest BCUT2D eigenvalue weighted by molar-refractivity contribution is 0.0136. The summed E-state index contributed by atoms with van der Waals surface area (Å²) in [6, 6.07) is 13.9. The number of fused-ring (bicyclic) bond motifs is 1. The maximum Gasteiger partial charge on any atom is 0.410 e. The van der Waals surface area contributed by atoms with Gasteiger partial charge in [0.2, 0.25) is 0 Å². The molecule has 1 aliphatic heterocycles. The monoisotopic (exact) mass is 489 g/mol. The van der Waals surface area contributed by atoms with Crippen LogP contribution in [0.25, 0.3) is 11.0 Å². The van der Waals surface area contributed by atoms with E-state index < -0.39 is 5.60 Å². The smallest absolute Gasteiger partial charge is 0.410 e. The maximum atomic E-state index is 12.5. The Balaban J connectivity index is 1.50. The van der Waals surface area contributed by atoms with E-state index in [1.54, 1.807) is 17.0 Å². The molecular formula is C25H29Cl2N3O3. The van der Waals surface area contributed by atoms with Gasteiger partial charge in [-0.3, -0.25) is 4.57 Å². The van der Waals surface area contributed by atoms with E-state index >= 15 is 0 Å². The molecule has 0 aliphatic carbocycles. The van der Waals surface area contributed by atoms with Crippen LogP contribution in [0.1, 0.15) is 39.2 Å². The fourth-order valence-electron chi connectivity index (χ4n) is 4.04. The molecule has 0 saturated carbocycles.